The largest absolute Gasteiger partial charge is 0.432 e. The number of hydrogen-bond acceptors (Lipinski definition) is 12. The van der Waals surface area contributed by atoms with Crippen molar-refractivity contribution in [3.05, 3.63) is 12.0 Å². The lowest BCUT2D eigenvalue weighted by atomic mass is 9.97. The van der Waals surface area contributed by atoms with Gasteiger partial charge in [0.05, 0.1) is 6.61 Å². The number of rotatable bonds is 7. The van der Waals surface area contributed by atoms with Crippen molar-refractivity contribution >= 4 is 16.8 Å². The number of nitrogens with one attached hydrogen (secondary N) is 1. The third kappa shape index (κ3) is 5.32. The summed E-state index contributed by atoms with van der Waals surface area (Å²) in [7, 11) is -4.86. The van der Waals surface area contributed by atoms with Crippen LogP contribution in [-0.2, 0) is 34.0 Å². The van der Waals surface area contributed by atoms with E-state index < -0.39 is 72.0 Å². The van der Waals surface area contributed by atoms with Crippen LogP contribution < -0.4 is 4.72 Å². The monoisotopic (exact) mass is 417 g/mol. The van der Waals surface area contributed by atoms with E-state index in [-0.39, 0.29) is 6.47 Å². The molecule has 2 rings (SSSR count). The van der Waals surface area contributed by atoms with E-state index in [1.807, 2.05) is 0 Å². The minimum absolute atomic E-state index is 0.0230. The highest BCUT2D eigenvalue weighted by Crippen LogP contribution is 2.28. The summed E-state index contributed by atoms with van der Waals surface area (Å²) in [6.45, 7) is -0.832. The Bertz CT molecular complexity index is 654. The van der Waals surface area contributed by atoms with Gasteiger partial charge in [0.15, 0.2) is 6.29 Å². The zero-order valence-electron chi connectivity index (χ0n) is 13.4. The fourth-order valence-electron chi connectivity index (χ4n) is 2.55. The molecule has 156 valence electrons. The SMILES string of the molecule is O=COC1=CC(O)C(O)C(OC2C(CO)OC(O)C(NS(=O)(=O)O)C2O)O1. The van der Waals surface area contributed by atoms with E-state index in [0.29, 0.717) is 0 Å². The van der Waals surface area contributed by atoms with Crippen molar-refractivity contribution in [2.75, 3.05) is 6.61 Å². The standard InChI is InChI=1S/C12H19NO13S/c14-2-5-10(9(18)7(11(19)24-5)13-27(20,21)22)26-12-8(17)4(16)1-6(25-12)23-3-15/h1,3-5,7-14,16-19H,2H2,(H,20,21,22). The summed E-state index contributed by atoms with van der Waals surface area (Å²) in [5.41, 5.74) is 0. The summed E-state index contributed by atoms with van der Waals surface area (Å²) >= 11 is 0. The first-order valence-electron chi connectivity index (χ1n) is 7.45. The number of hydrogen-bond donors (Lipinski definition) is 7. The third-order valence-corrected chi connectivity index (χ3v) is 4.35. The van der Waals surface area contributed by atoms with E-state index in [2.05, 4.69) is 4.74 Å². The Morgan fingerprint density at radius 2 is 1.89 bits per heavy atom. The second-order valence-corrected chi connectivity index (χ2v) is 6.81. The van der Waals surface area contributed by atoms with E-state index in [1.54, 1.807) is 0 Å². The van der Waals surface area contributed by atoms with Gasteiger partial charge in [-0.2, -0.15) is 13.1 Å². The molecule has 7 N–H and O–H groups in total. The van der Waals surface area contributed by atoms with Crippen molar-refractivity contribution in [1.82, 2.24) is 4.72 Å². The predicted octanol–water partition coefficient (Wildman–Crippen LogP) is -4.70. The molecule has 15 heteroatoms. The summed E-state index contributed by atoms with van der Waals surface area (Å²) in [6.07, 6.45) is -11.1. The Morgan fingerprint density at radius 3 is 2.44 bits per heavy atom. The van der Waals surface area contributed by atoms with Crippen LogP contribution in [0.5, 0.6) is 0 Å². The summed E-state index contributed by atoms with van der Waals surface area (Å²) in [6, 6.07) is -1.81. The summed E-state index contributed by atoms with van der Waals surface area (Å²) < 4.78 is 51.9. The first kappa shape index (κ1) is 21.9. The van der Waals surface area contributed by atoms with Gasteiger partial charge in [-0.1, -0.05) is 0 Å². The molecule has 0 aliphatic carbocycles. The minimum Gasteiger partial charge on any atom is -0.432 e. The lowest BCUT2D eigenvalue weighted by molar-refractivity contribution is -0.311. The Balaban J connectivity index is 2.20. The quantitative estimate of drug-likeness (QED) is 0.153. The maximum Gasteiger partial charge on any atom is 0.333 e. The lowest BCUT2D eigenvalue weighted by Gasteiger charge is -2.43. The molecule has 2 aliphatic rings. The molecule has 2 heterocycles. The van der Waals surface area contributed by atoms with Crippen molar-refractivity contribution in [2.45, 2.75) is 49.1 Å². The molecule has 0 spiro atoms. The average molecular weight is 417 g/mol. The molecule has 0 aromatic heterocycles. The van der Waals surface area contributed by atoms with Gasteiger partial charge in [-0.05, 0) is 0 Å². The molecule has 0 aromatic carbocycles. The number of carbonyl (C=O) groups excluding carboxylic acids is 1. The van der Waals surface area contributed by atoms with Crippen molar-refractivity contribution in [1.29, 1.82) is 0 Å². The molecular weight excluding hydrogens is 398 g/mol. The van der Waals surface area contributed by atoms with Gasteiger partial charge in [-0.3, -0.25) is 9.35 Å². The van der Waals surface area contributed by atoms with Gasteiger partial charge < -0.3 is 44.5 Å². The van der Waals surface area contributed by atoms with Gasteiger partial charge in [0.2, 0.25) is 6.29 Å². The maximum absolute atomic E-state index is 11.0. The molecule has 0 radical (unpaired) electrons. The van der Waals surface area contributed by atoms with Crippen LogP contribution in [0.3, 0.4) is 0 Å². The molecule has 8 unspecified atom stereocenters. The van der Waals surface area contributed by atoms with Crippen LogP contribution in [0.25, 0.3) is 0 Å². The molecule has 0 aromatic rings. The second kappa shape index (κ2) is 8.74. The molecule has 14 nitrogen and oxygen atoms in total. The summed E-state index contributed by atoms with van der Waals surface area (Å²) in [5, 5.41) is 49.1. The van der Waals surface area contributed by atoms with Crippen LogP contribution in [-0.4, -0.2) is 101 Å². The fraction of sp³-hybridized carbons (Fsp3) is 0.750. The van der Waals surface area contributed by atoms with Crippen LogP contribution in [0.15, 0.2) is 12.0 Å². The molecule has 1 fully saturated rings. The lowest BCUT2D eigenvalue weighted by Crippen LogP contribution is -2.65. The van der Waals surface area contributed by atoms with Gasteiger partial charge in [0.25, 0.3) is 5.95 Å². The first-order valence-corrected chi connectivity index (χ1v) is 8.89. The molecule has 27 heavy (non-hydrogen) atoms. The topological polar surface area (TPSA) is 222 Å². The molecular formula is C12H19NO13S. The van der Waals surface area contributed by atoms with Crippen LogP contribution in [0.4, 0.5) is 0 Å². The van der Waals surface area contributed by atoms with Gasteiger partial charge in [0, 0.05) is 6.08 Å². The Morgan fingerprint density at radius 1 is 1.22 bits per heavy atom. The number of aliphatic hydroxyl groups excluding tert-OH is 5. The normalized spacial score (nSPS) is 40.0. The van der Waals surface area contributed by atoms with Crippen LogP contribution >= 0.6 is 0 Å². The second-order valence-electron chi connectivity index (χ2n) is 5.62. The highest BCUT2D eigenvalue weighted by atomic mass is 32.2. The first-order chi connectivity index (χ1) is 12.6. The van der Waals surface area contributed by atoms with Crippen molar-refractivity contribution in [3.8, 4) is 0 Å². The molecule has 1 saturated heterocycles. The van der Waals surface area contributed by atoms with Crippen LogP contribution in [0.2, 0.25) is 0 Å². The Hall–Kier alpha value is -1.40. The van der Waals surface area contributed by atoms with E-state index in [4.69, 9.17) is 18.8 Å². The summed E-state index contributed by atoms with van der Waals surface area (Å²) in [4.78, 5) is 10.4. The van der Waals surface area contributed by atoms with Crippen LogP contribution in [0, 0.1) is 0 Å². The number of carbonyl (C=O) groups is 1. The van der Waals surface area contributed by atoms with Crippen molar-refractivity contribution in [2.24, 2.45) is 0 Å². The zero-order chi connectivity index (χ0) is 20.4. The maximum atomic E-state index is 11.0. The predicted molar refractivity (Wildman–Crippen MR) is 79.4 cm³/mol. The molecule has 0 amide bonds. The fourth-order valence-corrected chi connectivity index (χ4v) is 3.15. The van der Waals surface area contributed by atoms with E-state index in [1.165, 1.54) is 4.72 Å². The smallest absolute Gasteiger partial charge is 0.333 e. The Labute approximate surface area is 152 Å². The zero-order valence-corrected chi connectivity index (χ0v) is 14.2. The highest BCUT2D eigenvalue weighted by Gasteiger charge is 2.49. The van der Waals surface area contributed by atoms with Gasteiger partial charge in [-0.15, -0.1) is 0 Å². The van der Waals surface area contributed by atoms with Crippen molar-refractivity contribution < 1.29 is 62.2 Å². The van der Waals surface area contributed by atoms with Gasteiger partial charge in [-0.25, -0.2) is 0 Å². The van der Waals surface area contributed by atoms with Gasteiger partial charge >= 0.3 is 16.8 Å². The number of aliphatic hydroxyl groups is 5. The van der Waals surface area contributed by atoms with E-state index in [0.717, 1.165) is 6.08 Å². The third-order valence-electron chi connectivity index (χ3n) is 3.78. The average Bonchev–Trinajstić information content (AvgIpc) is 2.57. The van der Waals surface area contributed by atoms with E-state index in [9.17, 15) is 38.7 Å². The molecule has 0 saturated carbocycles. The number of ether oxygens (including phenoxy) is 4. The summed E-state index contributed by atoms with van der Waals surface area (Å²) in [5.74, 6) is -0.521. The highest BCUT2D eigenvalue weighted by molar-refractivity contribution is 7.83. The minimum atomic E-state index is -4.86. The van der Waals surface area contributed by atoms with E-state index >= 15 is 0 Å². The molecule has 8 atom stereocenters. The van der Waals surface area contributed by atoms with Gasteiger partial charge in [0.1, 0.15) is 36.6 Å². The Kier molecular flexibility index (Phi) is 7.09. The van der Waals surface area contributed by atoms with Crippen molar-refractivity contribution in [3.63, 3.8) is 0 Å². The molecule has 2 aliphatic heterocycles. The molecule has 0 bridgehead atoms. The van der Waals surface area contributed by atoms with Crippen LogP contribution in [0.1, 0.15) is 0 Å².